The topological polar surface area (TPSA) is 64.6 Å². The smallest absolute Gasteiger partial charge is 0.335 e. The number of hydrogen-bond acceptors (Lipinski definition) is 4. The van der Waals surface area contributed by atoms with E-state index in [2.05, 4.69) is 5.32 Å². The maximum absolute atomic E-state index is 11.8. The van der Waals surface area contributed by atoms with Crippen LogP contribution in [0.1, 0.15) is 31.4 Å². The van der Waals surface area contributed by atoms with Crippen LogP contribution in [0.15, 0.2) is 24.3 Å². The third kappa shape index (κ3) is 4.72. The maximum atomic E-state index is 11.8. The predicted octanol–water partition coefficient (Wildman–Crippen LogP) is 2.24. The van der Waals surface area contributed by atoms with Gasteiger partial charge in [0.25, 0.3) is 5.91 Å². The van der Waals surface area contributed by atoms with Crippen LogP contribution in [-0.4, -0.2) is 31.2 Å². The summed E-state index contributed by atoms with van der Waals surface area (Å²) in [4.78, 5) is 23.4. The zero-order valence-electron chi connectivity index (χ0n) is 11.8. The van der Waals surface area contributed by atoms with Gasteiger partial charge in [-0.2, -0.15) is 0 Å². The van der Waals surface area contributed by atoms with E-state index in [1.54, 1.807) is 12.1 Å². The summed E-state index contributed by atoms with van der Waals surface area (Å²) in [6.45, 7) is 2.10. The van der Waals surface area contributed by atoms with Crippen molar-refractivity contribution in [3.05, 3.63) is 34.9 Å². The maximum Gasteiger partial charge on any atom is 0.335 e. The molecule has 0 radical (unpaired) electrons. The fraction of sp³-hybridized carbons (Fsp3) is 0.467. The number of hydrogen-bond donors (Lipinski definition) is 1. The molecule has 1 N–H and O–H groups in total. The first kappa shape index (κ1) is 15.8. The molecule has 1 aromatic carbocycles. The minimum Gasteiger partial charge on any atom is -0.454 e. The number of ether oxygens (including phenoxy) is 2. The van der Waals surface area contributed by atoms with Crippen LogP contribution >= 0.6 is 11.6 Å². The lowest BCUT2D eigenvalue weighted by atomic mass is 10.1. The number of esters is 1. The fourth-order valence-electron chi connectivity index (χ4n) is 2.14. The van der Waals surface area contributed by atoms with Gasteiger partial charge in [0, 0.05) is 11.6 Å². The first-order chi connectivity index (χ1) is 10.1. The monoisotopic (exact) mass is 311 g/mol. The van der Waals surface area contributed by atoms with E-state index >= 15 is 0 Å². The van der Waals surface area contributed by atoms with Gasteiger partial charge in [-0.3, -0.25) is 4.79 Å². The minimum atomic E-state index is -0.525. The van der Waals surface area contributed by atoms with Gasteiger partial charge in [-0.1, -0.05) is 23.7 Å². The normalized spacial score (nSPS) is 19.0. The highest BCUT2D eigenvalue weighted by Crippen LogP contribution is 2.17. The molecule has 2 rings (SSSR count). The lowest BCUT2D eigenvalue weighted by molar-refractivity contribution is -0.157. The summed E-state index contributed by atoms with van der Waals surface area (Å²) in [7, 11) is 0. The van der Waals surface area contributed by atoms with Gasteiger partial charge >= 0.3 is 5.97 Å². The van der Waals surface area contributed by atoms with Crippen molar-refractivity contribution in [2.75, 3.05) is 13.2 Å². The van der Waals surface area contributed by atoms with Gasteiger partial charge in [-0.25, -0.2) is 4.79 Å². The Morgan fingerprint density at radius 2 is 2.33 bits per heavy atom. The summed E-state index contributed by atoms with van der Waals surface area (Å²) in [6.07, 6.45) is 0.972. The standard InChI is InChI=1S/C15H18ClNO4/c1-10(11-4-2-5-12(16)8-11)17-14(18)9-21-15(19)13-6-3-7-20-13/h2,4-5,8,10,13H,3,6-7,9H2,1H3,(H,17,18)/t10-,13+/m1/s1. The van der Waals surface area contributed by atoms with Crippen molar-refractivity contribution in [1.82, 2.24) is 5.32 Å². The Morgan fingerprint density at radius 1 is 1.52 bits per heavy atom. The summed E-state index contributed by atoms with van der Waals surface area (Å²) >= 11 is 5.90. The first-order valence-electron chi connectivity index (χ1n) is 6.89. The lowest BCUT2D eigenvalue weighted by Gasteiger charge is -2.15. The van der Waals surface area contributed by atoms with Crippen LogP contribution in [0, 0.1) is 0 Å². The Morgan fingerprint density at radius 3 is 3.00 bits per heavy atom. The van der Waals surface area contributed by atoms with Crippen molar-refractivity contribution in [3.8, 4) is 0 Å². The molecular formula is C15H18ClNO4. The lowest BCUT2D eigenvalue weighted by Crippen LogP contribution is -2.33. The molecule has 2 atom stereocenters. The SMILES string of the molecule is C[C@@H](NC(=O)COC(=O)[C@@H]1CCCO1)c1cccc(Cl)c1. The van der Waals surface area contributed by atoms with Crippen LogP contribution < -0.4 is 5.32 Å². The zero-order chi connectivity index (χ0) is 15.2. The molecule has 6 heteroatoms. The molecule has 1 aliphatic rings. The van der Waals surface area contributed by atoms with E-state index < -0.39 is 12.1 Å². The summed E-state index contributed by atoms with van der Waals surface area (Å²) in [6, 6.07) is 7.03. The molecule has 0 spiro atoms. The average Bonchev–Trinajstić information content (AvgIpc) is 2.99. The summed E-state index contributed by atoms with van der Waals surface area (Å²) < 4.78 is 10.1. The molecule has 1 saturated heterocycles. The van der Waals surface area contributed by atoms with Gasteiger partial charge in [-0.05, 0) is 37.5 Å². The van der Waals surface area contributed by atoms with E-state index in [4.69, 9.17) is 21.1 Å². The second kappa shape index (κ2) is 7.43. The highest BCUT2D eigenvalue weighted by molar-refractivity contribution is 6.30. The van der Waals surface area contributed by atoms with E-state index in [0.29, 0.717) is 18.1 Å². The fourth-order valence-corrected chi connectivity index (χ4v) is 2.33. The second-order valence-corrected chi connectivity index (χ2v) is 5.39. The van der Waals surface area contributed by atoms with Crippen molar-refractivity contribution in [2.24, 2.45) is 0 Å². The van der Waals surface area contributed by atoms with Crippen LogP contribution in [-0.2, 0) is 19.1 Å². The number of carbonyl (C=O) groups is 2. The minimum absolute atomic E-state index is 0.211. The summed E-state index contributed by atoms with van der Waals surface area (Å²) in [5.74, 6) is -0.827. The summed E-state index contributed by atoms with van der Waals surface area (Å²) in [5, 5.41) is 3.36. The van der Waals surface area contributed by atoms with Crippen LogP contribution in [0.5, 0.6) is 0 Å². The molecule has 0 aliphatic carbocycles. The number of benzene rings is 1. The number of amides is 1. The van der Waals surface area contributed by atoms with Crippen molar-refractivity contribution in [3.63, 3.8) is 0 Å². The quantitative estimate of drug-likeness (QED) is 0.847. The number of nitrogens with one attached hydrogen (secondary N) is 1. The van der Waals surface area contributed by atoms with E-state index in [9.17, 15) is 9.59 Å². The predicted molar refractivity (Wildman–Crippen MR) is 77.9 cm³/mol. The van der Waals surface area contributed by atoms with E-state index in [1.165, 1.54) is 0 Å². The van der Waals surface area contributed by atoms with Crippen LogP contribution in [0.3, 0.4) is 0 Å². The van der Waals surface area contributed by atoms with E-state index in [0.717, 1.165) is 12.0 Å². The van der Waals surface area contributed by atoms with Gasteiger partial charge in [-0.15, -0.1) is 0 Å². The Labute approximate surface area is 128 Å². The molecule has 0 aromatic heterocycles. The molecule has 1 fully saturated rings. The molecule has 1 amide bonds. The second-order valence-electron chi connectivity index (χ2n) is 4.95. The van der Waals surface area contributed by atoms with Crippen LogP contribution in [0.2, 0.25) is 5.02 Å². The average molecular weight is 312 g/mol. The van der Waals surface area contributed by atoms with Gasteiger partial charge < -0.3 is 14.8 Å². The third-order valence-electron chi connectivity index (χ3n) is 3.26. The highest BCUT2D eigenvalue weighted by Gasteiger charge is 2.25. The number of rotatable bonds is 5. The number of halogens is 1. The molecule has 1 aromatic rings. The summed E-state index contributed by atoms with van der Waals surface area (Å²) in [5.41, 5.74) is 0.890. The van der Waals surface area contributed by atoms with Gasteiger partial charge in [0.2, 0.25) is 0 Å². The first-order valence-corrected chi connectivity index (χ1v) is 7.27. The third-order valence-corrected chi connectivity index (χ3v) is 3.50. The molecule has 5 nitrogen and oxygen atoms in total. The molecule has 0 unspecified atom stereocenters. The Hall–Kier alpha value is -1.59. The largest absolute Gasteiger partial charge is 0.454 e. The molecule has 1 aliphatic heterocycles. The van der Waals surface area contributed by atoms with Crippen molar-refractivity contribution in [2.45, 2.75) is 31.9 Å². The molecule has 0 bridgehead atoms. The molecular weight excluding hydrogens is 294 g/mol. The Bertz CT molecular complexity index is 514. The van der Waals surface area contributed by atoms with Gasteiger partial charge in [0.05, 0.1) is 6.04 Å². The Kier molecular flexibility index (Phi) is 5.59. The molecule has 114 valence electrons. The highest BCUT2D eigenvalue weighted by atomic mass is 35.5. The molecule has 21 heavy (non-hydrogen) atoms. The van der Waals surface area contributed by atoms with Gasteiger partial charge in [0.15, 0.2) is 12.7 Å². The van der Waals surface area contributed by atoms with E-state index in [1.807, 2.05) is 19.1 Å². The zero-order valence-corrected chi connectivity index (χ0v) is 12.6. The van der Waals surface area contributed by atoms with Crippen molar-refractivity contribution < 1.29 is 19.1 Å². The van der Waals surface area contributed by atoms with Crippen LogP contribution in [0.25, 0.3) is 0 Å². The van der Waals surface area contributed by atoms with Crippen LogP contribution in [0.4, 0.5) is 0 Å². The van der Waals surface area contributed by atoms with E-state index in [-0.39, 0.29) is 18.6 Å². The molecule has 1 heterocycles. The Balaban J connectivity index is 1.77. The molecule has 0 saturated carbocycles. The van der Waals surface area contributed by atoms with Gasteiger partial charge in [0.1, 0.15) is 0 Å². The number of carbonyl (C=O) groups excluding carboxylic acids is 2. The van der Waals surface area contributed by atoms with Crippen molar-refractivity contribution >= 4 is 23.5 Å². The van der Waals surface area contributed by atoms with Crippen molar-refractivity contribution in [1.29, 1.82) is 0 Å².